The number of piperidine rings is 1. The third-order valence-corrected chi connectivity index (χ3v) is 24.6. The summed E-state index contributed by atoms with van der Waals surface area (Å²) in [6.45, 7) is 5.49. The van der Waals surface area contributed by atoms with Crippen LogP contribution in [0.1, 0.15) is 133 Å². The van der Waals surface area contributed by atoms with E-state index in [-0.39, 0.29) is 74.1 Å². The molecule has 14 amide bonds. The van der Waals surface area contributed by atoms with Gasteiger partial charge in [-0.3, -0.25) is 76.7 Å². The fraction of sp³-hybridized carbons (Fsp3) is 0.473. The summed E-state index contributed by atoms with van der Waals surface area (Å²) in [5.41, 5.74) is 7.34. The summed E-state index contributed by atoms with van der Waals surface area (Å²) in [7, 11) is 3.52. The normalized spacial score (nSPS) is 24.4. The van der Waals surface area contributed by atoms with Crippen molar-refractivity contribution in [2.45, 2.75) is 221 Å². The Morgan fingerprint density at radius 2 is 1.07 bits per heavy atom. The Bertz CT molecular complexity index is 5110. The van der Waals surface area contributed by atoms with Gasteiger partial charge in [-0.15, -0.1) is 11.8 Å². The number of nitrogens with two attached hydrogens (primary N) is 1. The number of aromatic nitrogens is 1. The molecule has 0 spiro atoms. The number of rotatable bonds is 22. The molecule has 3 aliphatic heterocycles. The van der Waals surface area contributed by atoms with Gasteiger partial charge in [0.2, 0.25) is 82.7 Å². The SMILES string of the molecule is CCCC[C@H]1C(=O)N2C[C@@H](O)C[C@@H]2C(=O)N[C@@H](CC(=O)O)C(=O)N[C@@H](C(C)C)C(=O)N(C)[C@@H](Cc2ccccc2)C(=O)N[C@@H](CCC(=O)O)C(=O)N2CCCC[C@@H]2C(=O)N[C@@H](Cc2c[nH]c3ccccc23)C(=O)N[C@@H](Cc2ccc(O)cc2)C(=O)N[C@@H](CCC(N)=O)C(=O)N[C@H](C)CSCC(=O)N[C@@H](Cc2cc(F)c(F)c(F)c2)C(=O)N(C)[C@@H](Cc2ccc(F)cc2)C(=O)N1C. The van der Waals surface area contributed by atoms with Crippen LogP contribution < -0.4 is 48.3 Å². The molecule has 0 bridgehead atoms. The van der Waals surface area contributed by atoms with Crippen molar-refractivity contribution in [3.05, 3.63) is 173 Å². The number of amides is 14. The summed E-state index contributed by atoms with van der Waals surface area (Å²) >= 11 is 0.868. The number of primary amides is 1. The number of aliphatic hydroxyl groups excluding tert-OH is 1. The quantitative estimate of drug-likeness (QED) is 0.0343. The largest absolute Gasteiger partial charge is 0.508 e. The maximum atomic E-state index is 15.6. The predicted octanol–water partition coefficient (Wildman–Crippen LogP) is 2.86. The number of carboxylic acids is 2. The van der Waals surface area contributed by atoms with E-state index in [1.165, 1.54) is 71.3 Å². The van der Waals surface area contributed by atoms with Crippen LogP contribution in [-0.2, 0) is 109 Å². The molecule has 6 aromatic rings. The summed E-state index contributed by atoms with van der Waals surface area (Å²) in [5, 5.41) is 63.8. The Morgan fingerprint density at radius 3 is 1.72 bits per heavy atom. The van der Waals surface area contributed by atoms with Gasteiger partial charge in [0.25, 0.3) is 0 Å². The number of phenols is 1. The molecule has 14 atom stereocenters. The van der Waals surface area contributed by atoms with Gasteiger partial charge in [0.05, 0.1) is 18.3 Å². The first kappa shape index (κ1) is 102. The number of aromatic amines is 1. The molecule has 0 radical (unpaired) electrons. The second-order valence-electron chi connectivity index (χ2n) is 33.6. The number of aliphatic carboxylic acids is 2. The molecule has 706 valence electrons. The van der Waals surface area contributed by atoms with Gasteiger partial charge in [0.1, 0.15) is 84.1 Å². The predicted molar refractivity (Wildman–Crippen MR) is 470 cm³/mol. The van der Waals surface area contributed by atoms with Crippen LogP contribution in [-0.4, -0.2) is 275 Å². The highest BCUT2D eigenvalue weighted by atomic mass is 32.2. The minimum absolute atomic E-state index is 0.0561. The van der Waals surface area contributed by atoms with E-state index in [0.29, 0.717) is 52.6 Å². The van der Waals surface area contributed by atoms with E-state index < -0.39 is 272 Å². The zero-order valence-electron chi connectivity index (χ0n) is 73.6. The van der Waals surface area contributed by atoms with Crippen LogP contribution in [0, 0.1) is 29.2 Å². The molecule has 3 aliphatic rings. The fourth-order valence-corrected chi connectivity index (χ4v) is 17.0. The average molecular weight is 1850 g/mol. The number of likely N-dealkylation sites (N-methyl/N-ethyl adjacent to an activating group) is 3. The van der Waals surface area contributed by atoms with E-state index in [1.807, 2.05) is 0 Å². The number of benzene rings is 5. The monoisotopic (exact) mass is 1840 g/mol. The van der Waals surface area contributed by atoms with Crippen LogP contribution in [0.15, 0.2) is 121 Å². The third-order valence-electron chi connectivity index (χ3n) is 23.4. The number of para-hydroxylation sites is 1. The Hall–Kier alpha value is -13.0. The lowest BCUT2D eigenvalue weighted by Crippen LogP contribution is -2.63. The molecular formula is C91H113F4N15O20S. The Kier molecular flexibility index (Phi) is 36.9. The number of nitrogens with zero attached hydrogens (tertiary/aromatic N) is 5. The smallest absolute Gasteiger partial charge is 0.305 e. The van der Waals surface area contributed by atoms with Gasteiger partial charge in [-0.1, -0.05) is 106 Å². The number of carboxylic acid groups (broad SMARTS) is 2. The summed E-state index contributed by atoms with van der Waals surface area (Å²) in [5.74, 6) is -25.0. The number of nitrogens with one attached hydrogen (secondary N) is 9. The highest BCUT2D eigenvalue weighted by Gasteiger charge is 2.47. The number of hydrogen-bond donors (Lipinski definition) is 14. The number of fused-ring (bicyclic) bond motifs is 3. The molecule has 131 heavy (non-hydrogen) atoms. The maximum Gasteiger partial charge on any atom is 0.305 e. The number of H-pyrrole nitrogens is 1. The van der Waals surface area contributed by atoms with Crippen LogP contribution in [0.25, 0.3) is 10.9 Å². The lowest BCUT2D eigenvalue weighted by Gasteiger charge is -2.38. The second kappa shape index (κ2) is 47.5. The van der Waals surface area contributed by atoms with Gasteiger partial charge in [-0.2, -0.15) is 0 Å². The second-order valence-corrected chi connectivity index (χ2v) is 34.7. The van der Waals surface area contributed by atoms with Gasteiger partial charge in [-0.25, -0.2) is 17.6 Å². The molecule has 3 saturated heterocycles. The number of carbonyl (C=O) groups is 16. The van der Waals surface area contributed by atoms with Crippen molar-refractivity contribution < 1.29 is 115 Å². The maximum absolute atomic E-state index is 15.6. The number of phenolic OH excluding ortho intramolecular Hbond substituents is 1. The fourth-order valence-electron chi connectivity index (χ4n) is 16.2. The molecule has 9 rings (SSSR count). The summed E-state index contributed by atoms with van der Waals surface area (Å²) in [6.07, 6.45) is -5.06. The van der Waals surface area contributed by atoms with Crippen LogP contribution >= 0.6 is 11.8 Å². The van der Waals surface area contributed by atoms with Gasteiger partial charge in [-0.05, 0) is 122 Å². The number of halogens is 4. The molecule has 0 aliphatic carbocycles. The third kappa shape index (κ3) is 28.3. The zero-order valence-corrected chi connectivity index (χ0v) is 74.4. The lowest BCUT2D eigenvalue weighted by molar-refractivity contribution is -0.152. The van der Waals surface area contributed by atoms with E-state index in [2.05, 4.69) is 47.5 Å². The highest BCUT2D eigenvalue weighted by Crippen LogP contribution is 2.29. The molecule has 1 aromatic heterocycles. The number of carbonyl (C=O) groups excluding carboxylic acids is 14. The molecule has 35 nitrogen and oxygen atoms in total. The topological polar surface area (TPSA) is 508 Å². The first-order valence-corrected chi connectivity index (χ1v) is 44.4. The van der Waals surface area contributed by atoms with Crippen LogP contribution in [0.2, 0.25) is 0 Å². The lowest BCUT2D eigenvalue weighted by atomic mass is 9.97. The average Bonchev–Trinajstić information content (AvgIpc) is 1.69. The van der Waals surface area contributed by atoms with Gasteiger partial charge < -0.3 is 98.2 Å². The van der Waals surface area contributed by atoms with Crippen LogP contribution in [0.3, 0.4) is 0 Å². The van der Waals surface area contributed by atoms with Gasteiger partial charge in [0.15, 0.2) is 17.5 Å². The standard InChI is InChI=1S/C91H113F4N15O20S/c1-8-9-21-70-90(129)110-46-58(112)43-72(110)86(125)104-67(44-77(117)118)83(122)105-79(49(2)3)91(130)107(6)71(40-51-17-11-10-12-18-51)85(124)101-64(32-34-76(115)116)88(127)109-35-16-15-22-69(109)84(123)103-66(42-55-45-97-62-20-14-13-19-59(55)62)82(121)102-65(38-52-25-29-57(111)30-26-52)81(120)100-63(31-33-74(96)113)80(119)98-50(4)47-131-48-75(114)99-68(39-54-36-60(93)78(95)61(94)37-54)87(126)108(7)73(89(128)106(70)5)41-53-23-27-56(92)28-24-53/h10-14,17-20,23-30,36-37,45,49-50,58,63-73,79,97,111-112H,8-9,15-16,21-22,31-35,38-44,46-48H2,1-7H3,(H2,96,113)(H,98,119)(H,99,114)(H,100,120)(H,101,124)(H,102,121)(H,103,123)(H,104,125)(H,105,122)(H,115,116)(H,117,118)/t50-,58+,63+,64+,65+,66+,67+,68+,69-,70+,71+,72-,73+,79+/m1/s1. The van der Waals surface area contributed by atoms with Gasteiger partial charge in [0, 0.05) is 114 Å². The Labute approximate surface area is 757 Å². The van der Waals surface area contributed by atoms with Crippen molar-refractivity contribution in [3.63, 3.8) is 0 Å². The van der Waals surface area contributed by atoms with Crippen molar-refractivity contribution in [2.75, 3.05) is 45.7 Å². The summed E-state index contributed by atoms with van der Waals surface area (Å²) < 4.78 is 59.4. The first-order chi connectivity index (χ1) is 62.2. The van der Waals surface area contributed by atoms with Crippen molar-refractivity contribution in [3.8, 4) is 5.75 Å². The molecule has 0 unspecified atom stereocenters. The van der Waals surface area contributed by atoms with E-state index in [1.54, 1.807) is 67.7 Å². The molecule has 15 N–H and O–H groups in total. The molecule has 3 fully saturated rings. The number of aromatic hydroxyl groups is 1. The molecule has 4 heterocycles. The Balaban J connectivity index is 1.12. The minimum atomic E-state index is -2.06. The van der Waals surface area contributed by atoms with Crippen LogP contribution in [0.4, 0.5) is 17.6 Å². The first-order valence-electron chi connectivity index (χ1n) is 43.3. The molecular weight excluding hydrogens is 1730 g/mol. The number of thioether (sulfide) groups is 1. The number of unbranched alkanes of at least 4 members (excludes halogenated alkanes) is 1. The number of aliphatic hydroxyl groups is 1. The zero-order chi connectivity index (χ0) is 95.8. The van der Waals surface area contributed by atoms with E-state index in [0.717, 1.165) is 55.4 Å². The summed E-state index contributed by atoms with van der Waals surface area (Å²) in [4.78, 5) is 243. The highest BCUT2D eigenvalue weighted by molar-refractivity contribution is 8.00. The number of hydrogen-bond acceptors (Lipinski definition) is 19. The summed E-state index contributed by atoms with van der Waals surface area (Å²) in [6, 6.07) is 5.16. The van der Waals surface area contributed by atoms with E-state index in [4.69, 9.17) is 5.73 Å². The van der Waals surface area contributed by atoms with Crippen LogP contribution in [0.5, 0.6) is 5.75 Å². The van der Waals surface area contributed by atoms with Crippen molar-refractivity contribution in [1.29, 1.82) is 0 Å². The van der Waals surface area contributed by atoms with Gasteiger partial charge >= 0.3 is 11.9 Å². The van der Waals surface area contributed by atoms with Crippen molar-refractivity contribution >= 4 is 117 Å². The molecule has 0 saturated carbocycles. The minimum Gasteiger partial charge on any atom is -0.508 e. The van der Waals surface area contributed by atoms with Crippen molar-refractivity contribution in [2.24, 2.45) is 11.7 Å². The van der Waals surface area contributed by atoms with Crippen molar-refractivity contribution in [1.82, 2.24) is 72.0 Å². The Morgan fingerprint density at radius 1 is 0.519 bits per heavy atom. The van der Waals surface area contributed by atoms with E-state index >= 15 is 51.9 Å². The molecule has 5 aromatic carbocycles. The molecule has 40 heteroatoms. The van der Waals surface area contributed by atoms with E-state index in [9.17, 15) is 62.8 Å².